The first-order valence-corrected chi connectivity index (χ1v) is 6.81. The van der Waals surface area contributed by atoms with Gasteiger partial charge in [0.25, 0.3) is 0 Å². The van der Waals surface area contributed by atoms with E-state index in [0.29, 0.717) is 5.56 Å². The Bertz CT molecular complexity index is 659. The van der Waals surface area contributed by atoms with Gasteiger partial charge in [-0.15, -0.1) is 0 Å². The van der Waals surface area contributed by atoms with Crippen LogP contribution in [0.4, 0.5) is 0 Å². The standard InChI is InChI=1S/C12H11NO5S/c14-12(15)10-1-3-11(4-2-10)19(16,17)13-7-9-5-6-18-8-9/h1-6,8,13H,7H2,(H,14,15). The van der Waals surface area contributed by atoms with E-state index in [1.54, 1.807) is 6.07 Å². The van der Waals surface area contributed by atoms with Crippen molar-refractivity contribution < 1.29 is 22.7 Å². The summed E-state index contributed by atoms with van der Waals surface area (Å²) in [7, 11) is -3.66. The zero-order valence-electron chi connectivity index (χ0n) is 9.74. The molecule has 2 aromatic rings. The molecule has 1 aromatic carbocycles. The van der Waals surface area contributed by atoms with Crippen molar-refractivity contribution in [3.63, 3.8) is 0 Å². The molecule has 7 heteroatoms. The predicted octanol–water partition coefficient (Wildman–Crippen LogP) is 1.46. The van der Waals surface area contributed by atoms with Crippen molar-refractivity contribution in [2.24, 2.45) is 0 Å². The SMILES string of the molecule is O=C(O)c1ccc(S(=O)(=O)NCc2ccoc2)cc1. The lowest BCUT2D eigenvalue weighted by atomic mass is 10.2. The highest BCUT2D eigenvalue weighted by atomic mass is 32.2. The molecule has 0 bridgehead atoms. The fraction of sp³-hybridized carbons (Fsp3) is 0.0833. The lowest BCUT2D eigenvalue weighted by Gasteiger charge is -2.05. The summed E-state index contributed by atoms with van der Waals surface area (Å²) < 4.78 is 31.1. The van der Waals surface area contributed by atoms with Gasteiger partial charge in [0.05, 0.1) is 23.0 Å². The van der Waals surface area contributed by atoms with Crippen molar-refractivity contribution in [1.29, 1.82) is 0 Å². The molecular formula is C12H11NO5S. The van der Waals surface area contributed by atoms with Crippen LogP contribution < -0.4 is 4.72 Å². The van der Waals surface area contributed by atoms with Gasteiger partial charge in [0, 0.05) is 12.1 Å². The van der Waals surface area contributed by atoms with Crippen LogP contribution >= 0.6 is 0 Å². The van der Waals surface area contributed by atoms with Crippen molar-refractivity contribution in [2.45, 2.75) is 11.4 Å². The van der Waals surface area contributed by atoms with Gasteiger partial charge in [-0.3, -0.25) is 0 Å². The van der Waals surface area contributed by atoms with Crippen molar-refractivity contribution in [3.05, 3.63) is 54.0 Å². The first-order valence-electron chi connectivity index (χ1n) is 5.33. The van der Waals surface area contributed by atoms with Gasteiger partial charge in [-0.25, -0.2) is 17.9 Å². The van der Waals surface area contributed by atoms with Gasteiger partial charge in [-0.1, -0.05) is 0 Å². The Kier molecular flexibility index (Phi) is 3.68. The number of aromatic carboxylic acids is 1. The molecule has 1 aromatic heterocycles. The molecule has 2 N–H and O–H groups in total. The van der Waals surface area contributed by atoms with Gasteiger partial charge in [-0.2, -0.15) is 0 Å². The molecule has 100 valence electrons. The molecule has 2 rings (SSSR count). The Morgan fingerprint density at radius 1 is 1.21 bits per heavy atom. The Morgan fingerprint density at radius 2 is 1.89 bits per heavy atom. The summed E-state index contributed by atoms with van der Waals surface area (Å²) in [6, 6.07) is 6.64. The highest BCUT2D eigenvalue weighted by molar-refractivity contribution is 7.89. The van der Waals surface area contributed by atoms with Crippen LogP contribution in [0.15, 0.2) is 52.2 Å². The Labute approximate surface area is 109 Å². The monoisotopic (exact) mass is 281 g/mol. The van der Waals surface area contributed by atoms with Crippen molar-refractivity contribution in [2.75, 3.05) is 0 Å². The average molecular weight is 281 g/mol. The average Bonchev–Trinajstić information content (AvgIpc) is 2.90. The van der Waals surface area contributed by atoms with Crippen LogP contribution in [-0.2, 0) is 16.6 Å². The second kappa shape index (κ2) is 5.25. The topological polar surface area (TPSA) is 96.6 Å². The van der Waals surface area contributed by atoms with Gasteiger partial charge in [0.15, 0.2) is 0 Å². The normalized spacial score (nSPS) is 11.4. The molecule has 0 saturated heterocycles. The van der Waals surface area contributed by atoms with Gasteiger partial charge in [0.1, 0.15) is 0 Å². The fourth-order valence-corrected chi connectivity index (χ4v) is 2.45. The Hall–Kier alpha value is -2.12. The van der Waals surface area contributed by atoms with E-state index in [1.807, 2.05) is 0 Å². The summed E-state index contributed by atoms with van der Waals surface area (Å²) >= 11 is 0. The largest absolute Gasteiger partial charge is 0.478 e. The van der Waals surface area contributed by atoms with Crippen LogP contribution in [0.5, 0.6) is 0 Å². The minimum Gasteiger partial charge on any atom is -0.478 e. The minimum absolute atomic E-state index is 0.0148. The highest BCUT2D eigenvalue weighted by Gasteiger charge is 2.14. The molecule has 0 atom stereocenters. The van der Waals surface area contributed by atoms with E-state index in [1.165, 1.54) is 36.8 Å². The Balaban J connectivity index is 2.13. The summed E-state index contributed by atoms with van der Waals surface area (Å²) in [6.07, 6.45) is 2.89. The summed E-state index contributed by atoms with van der Waals surface area (Å²) in [5.74, 6) is -1.10. The third-order valence-corrected chi connectivity index (χ3v) is 3.88. The number of nitrogens with one attached hydrogen (secondary N) is 1. The molecule has 0 aliphatic heterocycles. The predicted molar refractivity (Wildman–Crippen MR) is 66.1 cm³/mol. The molecule has 0 amide bonds. The number of carbonyl (C=O) groups is 1. The number of sulfonamides is 1. The summed E-state index contributed by atoms with van der Waals surface area (Å²) in [6.45, 7) is 0.111. The fourth-order valence-electron chi connectivity index (χ4n) is 1.43. The quantitative estimate of drug-likeness (QED) is 0.864. The second-order valence-electron chi connectivity index (χ2n) is 3.79. The third kappa shape index (κ3) is 3.21. The molecule has 0 aliphatic rings. The molecule has 0 saturated carbocycles. The van der Waals surface area contributed by atoms with Crippen LogP contribution in [0.2, 0.25) is 0 Å². The lowest BCUT2D eigenvalue weighted by Crippen LogP contribution is -2.23. The zero-order chi connectivity index (χ0) is 13.9. The molecule has 19 heavy (non-hydrogen) atoms. The van der Waals surface area contributed by atoms with Gasteiger partial charge >= 0.3 is 5.97 Å². The highest BCUT2D eigenvalue weighted by Crippen LogP contribution is 2.11. The van der Waals surface area contributed by atoms with Crippen molar-refractivity contribution in [1.82, 2.24) is 4.72 Å². The first-order chi connectivity index (χ1) is 8.99. The molecule has 0 unspecified atom stereocenters. The molecule has 0 spiro atoms. The number of benzene rings is 1. The molecule has 0 aliphatic carbocycles. The van der Waals surface area contributed by atoms with Crippen LogP contribution in [0.3, 0.4) is 0 Å². The van der Waals surface area contributed by atoms with E-state index in [-0.39, 0.29) is 17.0 Å². The van der Waals surface area contributed by atoms with Crippen molar-refractivity contribution >= 4 is 16.0 Å². The second-order valence-corrected chi connectivity index (χ2v) is 5.55. The van der Waals surface area contributed by atoms with E-state index in [4.69, 9.17) is 9.52 Å². The third-order valence-electron chi connectivity index (χ3n) is 2.46. The van der Waals surface area contributed by atoms with E-state index in [0.717, 1.165) is 0 Å². The summed E-state index contributed by atoms with van der Waals surface area (Å²) in [5.41, 5.74) is 0.736. The number of carboxylic acid groups (broad SMARTS) is 1. The maximum Gasteiger partial charge on any atom is 0.335 e. The smallest absolute Gasteiger partial charge is 0.335 e. The van der Waals surface area contributed by atoms with E-state index in [9.17, 15) is 13.2 Å². The van der Waals surface area contributed by atoms with E-state index >= 15 is 0 Å². The first kappa shape index (κ1) is 13.3. The van der Waals surface area contributed by atoms with Gasteiger partial charge < -0.3 is 9.52 Å². The molecular weight excluding hydrogens is 270 g/mol. The maximum absolute atomic E-state index is 11.9. The zero-order valence-corrected chi connectivity index (χ0v) is 10.6. The van der Waals surface area contributed by atoms with E-state index in [2.05, 4.69) is 4.72 Å². The van der Waals surface area contributed by atoms with Crippen LogP contribution in [0.25, 0.3) is 0 Å². The van der Waals surface area contributed by atoms with Gasteiger partial charge in [-0.05, 0) is 30.3 Å². The van der Waals surface area contributed by atoms with Crippen LogP contribution in [0, 0.1) is 0 Å². The molecule has 0 radical (unpaired) electrons. The molecule has 0 fully saturated rings. The van der Waals surface area contributed by atoms with E-state index < -0.39 is 16.0 Å². The Morgan fingerprint density at radius 3 is 2.42 bits per heavy atom. The lowest BCUT2D eigenvalue weighted by molar-refractivity contribution is 0.0696. The molecule has 1 heterocycles. The van der Waals surface area contributed by atoms with Gasteiger partial charge in [0.2, 0.25) is 10.0 Å². The number of furan rings is 1. The number of carboxylic acids is 1. The minimum atomic E-state index is -3.66. The van der Waals surface area contributed by atoms with Crippen LogP contribution in [-0.4, -0.2) is 19.5 Å². The number of hydrogen-bond donors (Lipinski definition) is 2. The summed E-state index contributed by atoms with van der Waals surface area (Å²) in [4.78, 5) is 10.7. The number of hydrogen-bond acceptors (Lipinski definition) is 4. The van der Waals surface area contributed by atoms with Crippen molar-refractivity contribution in [3.8, 4) is 0 Å². The maximum atomic E-state index is 11.9. The number of rotatable bonds is 5. The summed E-state index contributed by atoms with van der Waals surface area (Å²) in [5, 5.41) is 8.73. The van der Waals surface area contributed by atoms with Crippen LogP contribution in [0.1, 0.15) is 15.9 Å². The molecule has 6 nitrogen and oxygen atoms in total.